The SMILES string of the molecule is COC(=O)c1ccccc1NC(=O)CSc1nnc(CC(=O)Nc2ccccc2)n1C. The van der Waals surface area contributed by atoms with E-state index in [0.717, 1.165) is 0 Å². The molecule has 3 aromatic rings. The normalized spacial score (nSPS) is 10.4. The molecule has 0 unspecified atom stereocenters. The van der Waals surface area contributed by atoms with Gasteiger partial charge in [-0.2, -0.15) is 0 Å². The molecule has 3 rings (SSSR count). The lowest BCUT2D eigenvalue weighted by Gasteiger charge is -2.09. The first-order valence-corrected chi connectivity index (χ1v) is 10.3. The van der Waals surface area contributed by atoms with Gasteiger partial charge in [0.1, 0.15) is 5.82 Å². The predicted molar refractivity (Wildman–Crippen MR) is 117 cm³/mol. The minimum atomic E-state index is -0.532. The van der Waals surface area contributed by atoms with Gasteiger partial charge < -0.3 is 19.9 Å². The Hall–Kier alpha value is -3.66. The monoisotopic (exact) mass is 439 g/mol. The highest BCUT2D eigenvalue weighted by Crippen LogP contribution is 2.19. The number of para-hydroxylation sites is 2. The number of hydrogen-bond donors (Lipinski definition) is 2. The van der Waals surface area contributed by atoms with Gasteiger partial charge in [-0.15, -0.1) is 10.2 Å². The van der Waals surface area contributed by atoms with Crippen LogP contribution >= 0.6 is 11.8 Å². The molecule has 0 aliphatic rings. The highest BCUT2D eigenvalue weighted by atomic mass is 32.2. The van der Waals surface area contributed by atoms with Gasteiger partial charge in [0.25, 0.3) is 0 Å². The van der Waals surface area contributed by atoms with Crippen LogP contribution in [0, 0.1) is 0 Å². The summed E-state index contributed by atoms with van der Waals surface area (Å²) in [5.41, 5.74) is 1.35. The Bertz CT molecular complexity index is 1080. The van der Waals surface area contributed by atoms with Crippen molar-refractivity contribution in [2.45, 2.75) is 11.6 Å². The Labute approximate surface area is 183 Å². The summed E-state index contributed by atoms with van der Waals surface area (Å²) in [5, 5.41) is 14.1. The summed E-state index contributed by atoms with van der Waals surface area (Å²) >= 11 is 1.18. The largest absolute Gasteiger partial charge is 0.465 e. The summed E-state index contributed by atoms with van der Waals surface area (Å²) < 4.78 is 6.40. The lowest BCUT2D eigenvalue weighted by molar-refractivity contribution is -0.116. The van der Waals surface area contributed by atoms with Gasteiger partial charge in [-0.3, -0.25) is 9.59 Å². The van der Waals surface area contributed by atoms with Gasteiger partial charge in [-0.25, -0.2) is 4.79 Å². The number of carbonyl (C=O) groups excluding carboxylic acids is 3. The fourth-order valence-corrected chi connectivity index (χ4v) is 3.42. The van der Waals surface area contributed by atoms with Crippen LogP contribution in [0.3, 0.4) is 0 Å². The van der Waals surface area contributed by atoms with Crippen molar-refractivity contribution in [3.05, 3.63) is 66.0 Å². The highest BCUT2D eigenvalue weighted by Gasteiger charge is 2.16. The molecule has 0 atom stereocenters. The van der Waals surface area contributed by atoms with Gasteiger partial charge in [0, 0.05) is 12.7 Å². The molecule has 2 N–H and O–H groups in total. The summed E-state index contributed by atoms with van der Waals surface area (Å²) in [6.45, 7) is 0. The molecule has 1 heterocycles. The number of hydrogen-bond acceptors (Lipinski definition) is 7. The van der Waals surface area contributed by atoms with Crippen LogP contribution in [0.5, 0.6) is 0 Å². The first-order valence-electron chi connectivity index (χ1n) is 9.31. The first-order chi connectivity index (χ1) is 15.0. The number of aromatic nitrogens is 3. The molecule has 0 saturated carbocycles. The van der Waals surface area contributed by atoms with E-state index in [-0.39, 0.29) is 29.6 Å². The van der Waals surface area contributed by atoms with Crippen LogP contribution in [0.15, 0.2) is 59.8 Å². The third kappa shape index (κ3) is 5.92. The van der Waals surface area contributed by atoms with E-state index in [0.29, 0.717) is 22.4 Å². The van der Waals surface area contributed by atoms with Gasteiger partial charge in [-0.1, -0.05) is 42.1 Å². The van der Waals surface area contributed by atoms with Crippen LogP contribution in [0.1, 0.15) is 16.2 Å². The summed E-state index contributed by atoms with van der Waals surface area (Å²) in [7, 11) is 3.01. The highest BCUT2D eigenvalue weighted by molar-refractivity contribution is 7.99. The van der Waals surface area contributed by atoms with Crippen LogP contribution in [0.4, 0.5) is 11.4 Å². The van der Waals surface area contributed by atoms with Crippen molar-refractivity contribution in [2.75, 3.05) is 23.5 Å². The van der Waals surface area contributed by atoms with Crippen molar-refractivity contribution in [3.8, 4) is 0 Å². The lowest BCUT2D eigenvalue weighted by Crippen LogP contribution is -2.18. The maximum Gasteiger partial charge on any atom is 0.339 e. The van der Waals surface area contributed by atoms with Crippen molar-refractivity contribution in [2.24, 2.45) is 7.05 Å². The van der Waals surface area contributed by atoms with E-state index in [1.165, 1.54) is 18.9 Å². The van der Waals surface area contributed by atoms with Crippen LogP contribution in [-0.2, 0) is 27.8 Å². The molecule has 31 heavy (non-hydrogen) atoms. The molecule has 1 aromatic heterocycles. The van der Waals surface area contributed by atoms with Crippen molar-refractivity contribution in [1.29, 1.82) is 0 Å². The summed E-state index contributed by atoms with van der Waals surface area (Å²) in [4.78, 5) is 36.4. The summed E-state index contributed by atoms with van der Waals surface area (Å²) in [6, 6.07) is 15.7. The Kier molecular flexibility index (Phi) is 7.39. The molecule has 0 aliphatic heterocycles. The second-order valence-electron chi connectivity index (χ2n) is 6.42. The molecule has 0 fully saturated rings. The maximum atomic E-state index is 12.3. The minimum Gasteiger partial charge on any atom is -0.465 e. The van der Waals surface area contributed by atoms with Crippen LogP contribution in [0.2, 0.25) is 0 Å². The van der Waals surface area contributed by atoms with Gasteiger partial charge in [0.15, 0.2) is 5.16 Å². The van der Waals surface area contributed by atoms with E-state index < -0.39 is 5.97 Å². The average Bonchev–Trinajstić information content (AvgIpc) is 3.12. The molecule has 2 aromatic carbocycles. The van der Waals surface area contributed by atoms with E-state index in [2.05, 4.69) is 20.8 Å². The van der Waals surface area contributed by atoms with Gasteiger partial charge in [0.2, 0.25) is 11.8 Å². The molecular weight excluding hydrogens is 418 g/mol. The van der Waals surface area contributed by atoms with E-state index in [9.17, 15) is 14.4 Å². The average molecular weight is 439 g/mol. The molecule has 10 heteroatoms. The number of amides is 2. The van der Waals surface area contributed by atoms with Crippen molar-refractivity contribution in [1.82, 2.24) is 14.8 Å². The molecule has 0 radical (unpaired) electrons. The third-order valence-corrected chi connectivity index (χ3v) is 5.26. The number of ether oxygens (including phenoxy) is 1. The lowest BCUT2D eigenvalue weighted by atomic mass is 10.2. The van der Waals surface area contributed by atoms with Crippen LogP contribution < -0.4 is 10.6 Å². The summed E-state index contributed by atoms with van der Waals surface area (Å²) in [6.07, 6.45) is 0.0532. The zero-order valence-corrected chi connectivity index (χ0v) is 17.8. The van der Waals surface area contributed by atoms with Gasteiger partial charge in [0.05, 0.1) is 30.5 Å². The van der Waals surface area contributed by atoms with E-state index >= 15 is 0 Å². The molecule has 9 nitrogen and oxygen atoms in total. The standard InChI is InChI=1S/C21H21N5O4S/c1-26-17(12-18(27)22-14-8-4-3-5-9-14)24-25-21(26)31-13-19(28)23-16-11-7-6-10-15(16)20(29)30-2/h3-11H,12-13H2,1-2H3,(H,22,27)(H,23,28). The number of nitrogens with one attached hydrogen (secondary N) is 2. The number of esters is 1. The van der Waals surface area contributed by atoms with Crippen LogP contribution in [-0.4, -0.2) is 45.4 Å². The molecular formula is C21H21N5O4S. The number of anilines is 2. The fourth-order valence-electron chi connectivity index (χ4n) is 2.69. The van der Waals surface area contributed by atoms with E-state index in [4.69, 9.17) is 4.74 Å². The van der Waals surface area contributed by atoms with Gasteiger partial charge in [-0.05, 0) is 24.3 Å². The zero-order valence-electron chi connectivity index (χ0n) is 17.0. The van der Waals surface area contributed by atoms with E-state index in [1.807, 2.05) is 18.2 Å². The molecule has 0 bridgehead atoms. The number of thioether (sulfide) groups is 1. The van der Waals surface area contributed by atoms with Crippen molar-refractivity contribution < 1.29 is 19.1 Å². The topological polar surface area (TPSA) is 115 Å². The number of carbonyl (C=O) groups is 3. The third-order valence-electron chi connectivity index (χ3n) is 4.24. The second kappa shape index (κ2) is 10.4. The first kappa shape index (κ1) is 22.0. The number of rotatable bonds is 8. The smallest absolute Gasteiger partial charge is 0.339 e. The number of methoxy groups -OCH3 is 1. The summed E-state index contributed by atoms with van der Waals surface area (Å²) in [5.74, 6) is -0.525. The van der Waals surface area contributed by atoms with E-state index in [1.54, 1.807) is 48.0 Å². The molecule has 2 amide bonds. The molecule has 0 spiro atoms. The molecule has 0 saturated heterocycles. The maximum absolute atomic E-state index is 12.3. The minimum absolute atomic E-state index is 0.0532. The molecule has 160 valence electrons. The Morgan fingerprint density at radius 2 is 1.68 bits per heavy atom. The molecule has 0 aliphatic carbocycles. The number of benzene rings is 2. The fraction of sp³-hybridized carbons (Fsp3) is 0.190. The van der Waals surface area contributed by atoms with Crippen LogP contribution in [0.25, 0.3) is 0 Å². The van der Waals surface area contributed by atoms with Crippen molar-refractivity contribution >= 4 is 40.9 Å². The quantitative estimate of drug-likeness (QED) is 0.409. The van der Waals surface area contributed by atoms with Crippen molar-refractivity contribution in [3.63, 3.8) is 0 Å². The Morgan fingerprint density at radius 3 is 2.42 bits per heavy atom. The Balaban J connectivity index is 1.56. The Morgan fingerprint density at radius 1 is 0.968 bits per heavy atom. The number of nitrogens with zero attached hydrogens (tertiary/aromatic N) is 3. The zero-order chi connectivity index (χ0) is 22.2. The van der Waals surface area contributed by atoms with Gasteiger partial charge >= 0.3 is 5.97 Å². The predicted octanol–water partition coefficient (Wildman–Crippen LogP) is 2.51. The second-order valence-corrected chi connectivity index (χ2v) is 7.37.